The Hall–Kier alpha value is -0.610. The third-order valence-corrected chi connectivity index (χ3v) is 2.35. The van der Waals surface area contributed by atoms with Gasteiger partial charge in [0.25, 0.3) is 5.56 Å². The first-order valence-electron chi connectivity index (χ1n) is 4.29. The van der Waals surface area contributed by atoms with E-state index in [1.54, 1.807) is 12.3 Å². The number of H-pyrrole nitrogens is 1. The second-order valence-corrected chi connectivity index (χ2v) is 3.91. The lowest BCUT2D eigenvalue weighted by Crippen LogP contribution is -2.21. The van der Waals surface area contributed by atoms with E-state index in [1.807, 2.05) is 6.92 Å². The minimum atomic E-state index is -0.161. The molecule has 0 fully saturated rings. The van der Waals surface area contributed by atoms with Crippen LogP contribution in [0.1, 0.15) is 31.4 Å². The monoisotopic (exact) mass is 244 g/mol. The summed E-state index contributed by atoms with van der Waals surface area (Å²) in [4.78, 5) is 14.0. The molecule has 13 heavy (non-hydrogen) atoms. The maximum Gasteiger partial charge on any atom is 0.252 e. The van der Waals surface area contributed by atoms with E-state index in [9.17, 15) is 4.79 Å². The number of rotatable bonds is 3. The minimum absolute atomic E-state index is 0.0934. The summed E-state index contributed by atoms with van der Waals surface area (Å²) in [5, 5.41) is 0. The van der Waals surface area contributed by atoms with E-state index < -0.39 is 0 Å². The molecule has 0 radical (unpaired) electrons. The Bertz CT molecular complexity index is 335. The average molecular weight is 245 g/mol. The zero-order chi connectivity index (χ0) is 9.84. The molecule has 0 aliphatic carbocycles. The van der Waals surface area contributed by atoms with Crippen molar-refractivity contribution in [2.45, 2.75) is 25.8 Å². The Kier molecular flexibility index (Phi) is 3.69. The van der Waals surface area contributed by atoms with Gasteiger partial charge in [-0.05, 0) is 28.4 Å². The van der Waals surface area contributed by atoms with Crippen LogP contribution in [-0.2, 0) is 0 Å². The van der Waals surface area contributed by atoms with Gasteiger partial charge in [-0.1, -0.05) is 13.3 Å². The third-order valence-electron chi connectivity index (χ3n) is 1.90. The van der Waals surface area contributed by atoms with E-state index in [0.717, 1.165) is 17.3 Å². The Labute approximate surface area is 85.5 Å². The largest absolute Gasteiger partial charge is 0.328 e. The maximum absolute atomic E-state index is 11.3. The molecule has 0 saturated carbocycles. The van der Waals surface area contributed by atoms with Gasteiger partial charge in [0.2, 0.25) is 0 Å². The molecule has 0 spiro atoms. The van der Waals surface area contributed by atoms with Crippen molar-refractivity contribution >= 4 is 15.9 Å². The lowest BCUT2D eigenvalue weighted by Gasteiger charge is -2.09. The fraction of sp³-hybridized carbons (Fsp3) is 0.444. The fourth-order valence-corrected chi connectivity index (χ4v) is 1.58. The third kappa shape index (κ3) is 2.67. The summed E-state index contributed by atoms with van der Waals surface area (Å²) in [5.41, 5.74) is 6.39. The first-order valence-corrected chi connectivity index (χ1v) is 5.08. The van der Waals surface area contributed by atoms with Gasteiger partial charge in [0.15, 0.2) is 0 Å². The average Bonchev–Trinajstić information content (AvgIpc) is 2.09. The van der Waals surface area contributed by atoms with Crippen molar-refractivity contribution in [3.63, 3.8) is 0 Å². The highest BCUT2D eigenvalue weighted by molar-refractivity contribution is 9.10. The molecule has 0 unspecified atom stereocenters. The van der Waals surface area contributed by atoms with E-state index in [2.05, 4.69) is 20.9 Å². The van der Waals surface area contributed by atoms with Crippen LogP contribution in [0.5, 0.6) is 0 Å². The molecule has 72 valence electrons. The van der Waals surface area contributed by atoms with Crippen LogP contribution >= 0.6 is 15.9 Å². The Morgan fingerprint density at radius 3 is 3.00 bits per heavy atom. The number of halogens is 1. The van der Waals surface area contributed by atoms with Gasteiger partial charge in [-0.2, -0.15) is 0 Å². The van der Waals surface area contributed by atoms with Gasteiger partial charge in [-0.15, -0.1) is 0 Å². The van der Waals surface area contributed by atoms with Crippen molar-refractivity contribution in [2.24, 2.45) is 5.73 Å². The first kappa shape index (κ1) is 10.5. The highest BCUT2D eigenvalue weighted by atomic mass is 79.9. The molecule has 0 aromatic carbocycles. The summed E-state index contributed by atoms with van der Waals surface area (Å²) in [6.45, 7) is 2.05. The van der Waals surface area contributed by atoms with Crippen molar-refractivity contribution in [3.8, 4) is 0 Å². The molecular formula is C9H13BrN2O. The molecule has 1 heterocycles. The van der Waals surface area contributed by atoms with Gasteiger partial charge < -0.3 is 10.7 Å². The summed E-state index contributed by atoms with van der Waals surface area (Å²) in [7, 11) is 0. The van der Waals surface area contributed by atoms with Gasteiger partial charge in [-0.3, -0.25) is 4.79 Å². The highest BCUT2D eigenvalue weighted by Crippen LogP contribution is 2.15. The summed E-state index contributed by atoms with van der Waals surface area (Å²) in [6.07, 6.45) is 3.43. The summed E-state index contributed by atoms with van der Waals surface area (Å²) in [5.74, 6) is 0. The predicted octanol–water partition coefficient (Wildman–Crippen LogP) is 1.94. The van der Waals surface area contributed by atoms with Crippen molar-refractivity contribution < 1.29 is 0 Å². The summed E-state index contributed by atoms with van der Waals surface area (Å²) in [6, 6.07) is 1.62. The lowest BCUT2D eigenvalue weighted by molar-refractivity contribution is 0.631. The van der Waals surface area contributed by atoms with Crippen LogP contribution in [0, 0.1) is 0 Å². The van der Waals surface area contributed by atoms with Crippen molar-refractivity contribution in [1.29, 1.82) is 0 Å². The van der Waals surface area contributed by atoms with Gasteiger partial charge in [0.05, 0.1) is 0 Å². The van der Waals surface area contributed by atoms with Gasteiger partial charge in [-0.25, -0.2) is 0 Å². The number of pyridine rings is 1. The molecule has 3 nitrogen and oxygen atoms in total. The fourth-order valence-electron chi connectivity index (χ4n) is 1.22. The minimum Gasteiger partial charge on any atom is -0.328 e. The molecule has 0 bridgehead atoms. The summed E-state index contributed by atoms with van der Waals surface area (Å²) >= 11 is 3.29. The molecule has 0 aliphatic heterocycles. The molecular weight excluding hydrogens is 232 g/mol. The highest BCUT2D eigenvalue weighted by Gasteiger charge is 2.09. The van der Waals surface area contributed by atoms with Crippen molar-refractivity contribution in [1.82, 2.24) is 4.98 Å². The normalized spacial score (nSPS) is 12.8. The van der Waals surface area contributed by atoms with E-state index >= 15 is 0 Å². The Morgan fingerprint density at radius 1 is 1.69 bits per heavy atom. The predicted molar refractivity (Wildman–Crippen MR) is 56.6 cm³/mol. The van der Waals surface area contributed by atoms with Crippen LogP contribution < -0.4 is 11.3 Å². The second-order valence-electron chi connectivity index (χ2n) is 3.00. The molecule has 4 heteroatoms. The second kappa shape index (κ2) is 4.58. The Morgan fingerprint density at radius 2 is 2.38 bits per heavy atom. The number of nitrogens with one attached hydrogen (secondary N) is 1. The number of aromatic amines is 1. The van der Waals surface area contributed by atoms with Crippen molar-refractivity contribution in [2.75, 3.05) is 0 Å². The van der Waals surface area contributed by atoms with E-state index in [0.29, 0.717) is 5.56 Å². The Balaban J connectivity index is 2.99. The first-order chi connectivity index (χ1) is 6.15. The van der Waals surface area contributed by atoms with Crippen LogP contribution in [0.15, 0.2) is 21.5 Å². The van der Waals surface area contributed by atoms with Crippen LogP contribution in [0.3, 0.4) is 0 Å². The molecule has 0 aliphatic rings. The zero-order valence-corrected chi connectivity index (χ0v) is 9.10. The van der Waals surface area contributed by atoms with E-state index in [1.165, 1.54) is 0 Å². The zero-order valence-electron chi connectivity index (χ0n) is 7.51. The standard InChI is InChI=1S/C9H13BrN2O/c1-2-3-8(11)7-4-6(10)5-12-9(7)13/h4-5,8H,2-3,11H2,1H3,(H,12,13)/t8-/m0/s1. The molecule has 1 aromatic rings. The maximum atomic E-state index is 11.3. The van der Waals surface area contributed by atoms with Crippen LogP contribution in [0.25, 0.3) is 0 Å². The lowest BCUT2D eigenvalue weighted by atomic mass is 10.1. The van der Waals surface area contributed by atoms with Gasteiger partial charge >= 0.3 is 0 Å². The van der Waals surface area contributed by atoms with E-state index in [-0.39, 0.29) is 11.6 Å². The van der Waals surface area contributed by atoms with Gasteiger partial charge in [0, 0.05) is 22.3 Å². The number of nitrogens with two attached hydrogens (primary N) is 1. The number of hydrogen-bond acceptors (Lipinski definition) is 2. The van der Waals surface area contributed by atoms with E-state index in [4.69, 9.17) is 5.73 Å². The molecule has 3 N–H and O–H groups in total. The SMILES string of the molecule is CCC[C@H](N)c1cc(Br)c[nH]c1=O. The molecule has 1 rings (SSSR count). The topological polar surface area (TPSA) is 58.9 Å². The summed E-state index contributed by atoms with van der Waals surface area (Å²) < 4.78 is 0.855. The van der Waals surface area contributed by atoms with Crippen LogP contribution in [0.4, 0.5) is 0 Å². The molecule has 0 saturated heterocycles. The molecule has 1 atom stereocenters. The van der Waals surface area contributed by atoms with Crippen molar-refractivity contribution in [3.05, 3.63) is 32.7 Å². The molecule has 1 aromatic heterocycles. The molecule has 0 amide bonds. The number of aromatic nitrogens is 1. The quantitative estimate of drug-likeness (QED) is 0.854. The smallest absolute Gasteiger partial charge is 0.252 e. The van der Waals surface area contributed by atoms with Crippen LogP contribution in [0.2, 0.25) is 0 Å². The van der Waals surface area contributed by atoms with Crippen LogP contribution in [-0.4, -0.2) is 4.98 Å². The number of hydrogen-bond donors (Lipinski definition) is 2. The van der Waals surface area contributed by atoms with Gasteiger partial charge in [0.1, 0.15) is 0 Å².